The Kier molecular flexibility index (Phi) is 3.64. The van der Waals surface area contributed by atoms with E-state index in [9.17, 15) is 9.18 Å². The van der Waals surface area contributed by atoms with Crippen molar-refractivity contribution in [1.29, 1.82) is 0 Å². The van der Waals surface area contributed by atoms with Crippen molar-refractivity contribution in [3.8, 4) is 0 Å². The first-order valence-electron chi connectivity index (χ1n) is 6.00. The molecule has 0 radical (unpaired) electrons. The smallest absolute Gasteiger partial charge is 0.272 e. The Morgan fingerprint density at radius 2 is 2.32 bits per heavy atom. The zero-order chi connectivity index (χ0) is 14.0. The van der Waals surface area contributed by atoms with Gasteiger partial charge in [-0.2, -0.15) is 0 Å². The number of hydrogen-bond acceptors (Lipinski definition) is 2. The van der Waals surface area contributed by atoms with Crippen LogP contribution in [0.3, 0.4) is 0 Å². The lowest BCUT2D eigenvalue weighted by Gasteiger charge is -2.08. The maximum atomic E-state index is 12.2. The van der Waals surface area contributed by atoms with Crippen molar-refractivity contribution >= 4 is 16.8 Å². The summed E-state index contributed by atoms with van der Waals surface area (Å²) in [6.45, 7) is 4.98. The molecular formula is C14H16FN3O. The van der Waals surface area contributed by atoms with Gasteiger partial charge in [0.15, 0.2) is 0 Å². The van der Waals surface area contributed by atoms with Gasteiger partial charge in [-0.05, 0) is 19.1 Å². The maximum absolute atomic E-state index is 12.2. The highest BCUT2D eigenvalue weighted by Gasteiger charge is 2.15. The normalized spacial score (nSPS) is 10.7. The Morgan fingerprint density at radius 3 is 2.95 bits per heavy atom. The first-order valence-corrected chi connectivity index (χ1v) is 6.00. The van der Waals surface area contributed by atoms with Gasteiger partial charge in [0.2, 0.25) is 0 Å². The standard InChI is InChI=1S/C14H16FN3O/c1-9(4-6-15)17-14(19)12-8-11-5-7-16-10(2)13(11)18(12)3/h5,7-8H,1,4,6H2,2-3H3,(H,17,19). The summed E-state index contributed by atoms with van der Waals surface area (Å²) in [6, 6.07) is 3.65. The minimum Gasteiger partial charge on any atom is -0.338 e. The highest BCUT2D eigenvalue weighted by molar-refractivity contribution is 5.99. The molecule has 0 fully saturated rings. The van der Waals surface area contributed by atoms with Crippen LogP contribution in [0.5, 0.6) is 0 Å². The topological polar surface area (TPSA) is 46.9 Å². The monoisotopic (exact) mass is 261 g/mol. The molecule has 1 amide bonds. The largest absolute Gasteiger partial charge is 0.338 e. The summed E-state index contributed by atoms with van der Waals surface area (Å²) >= 11 is 0. The van der Waals surface area contributed by atoms with E-state index in [1.54, 1.807) is 16.8 Å². The Balaban J connectivity index is 2.35. The number of hydrogen-bond donors (Lipinski definition) is 1. The Morgan fingerprint density at radius 1 is 1.58 bits per heavy atom. The van der Waals surface area contributed by atoms with Gasteiger partial charge in [0.25, 0.3) is 5.91 Å². The van der Waals surface area contributed by atoms with Crippen LogP contribution in [0.2, 0.25) is 0 Å². The number of alkyl halides is 1. The van der Waals surface area contributed by atoms with E-state index in [2.05, 4.69) is 16.9 Å². The average molecular weight is 261 g/mol. The number of nitrogens with zero attached hydrogens (tertiary/aromatic N) is 2. The van der Waals surface area contributed by atoms with Crippen molar-refractivity contribution in [2.75, 3.05) is 6.67 Å². The first kappa shape index (κ1) is 13.3. The van der Waals surface area contributed by atoms with Crippen molar-refractivity contribution in [3.05, 3.63) is 42.0 Å². The molecule has 0 spiro atoms. The fraction of sp³-hybridized carbons (Fsp3) is 0.286. The number of pyridine rings is 1. The average Bonchev–Trinajstić information content (AvgIpc) is 2.68. The molecule has 4 nitrogen and oxygen atoms in total. The molecule has 0 aliphatic carbocycles. The van der Waals surface area contributed by atoms with E-state index in [1.807, 2.05) is 20.0 Å². The molecule has 0 atom stereocenters. The lowest BCUT2D eigenvalue weighted by Crippen LogP contribution is -2.24. The molecule has 0 aliphatic rings. The number of rotatable bonds is 4. The van der Waals surface area contributed by atoms with Gasteiger partial charge in [-0.3, -0.25) is 14.2 Å². The second-order valence-corrected chi connectivity index (χ2v) is 4.42. The number of aryl methyl sites for hydroxylation is 2. The highest BCUT2D eigenvalue weighted by atomic mass is 19.1. The second-order valence-electron chi connectivity index (χ2n) is 4.42. The van der Waals surface area contributed by atoms with Gasteiger partial charge in [0.05, 0.1) is 17.9 Å². The third-order valence-corrected chi connectivity index (χ3v) is 3.05. The predicted octanol–water partition coefficient (Wildman–Crippen LogP) is 2.48. The third kappa shape index (κ3) is 2.50. The van der Waals surface area contributed by atoms with Gasteiger partial charge in [0.1, 0.15) is 5.69 Å². The van der Waals surface area contributed by atoms with E-state index in [4.69, 9.17) is 0 Å². The molecule has 0 aliphatic heterocycles. The second kappa shape index (κ2) is 5.22. The van der Waals surface area contributed by atoms with E-state index < -0.39 is 6.67 Å². The van der Waals surface area contributed by atoms with Crippen LogP contribution < -0.4 is 5.32 Å². The van der Waals surface area contributed by atoms with Gasteiger partial charge >= 0.3 is 0 Å². The van der Waals surface area contributed by atoms with Gasteiger partial charge in [-0.1, -0.05) is 6.58 Å². The zero-order valence-electron chi connectivity index (χ0n) is 11.0. The van der Waals surface area contributed by atoms with Crippen molar-refractivity contribution in [2.24, 2.45) is 7.05 Å². The molecule has 2 heterocycles. The van der Waals surface area contributed by atoms with Crippen LogP contribution in [0.4, 0.5) is 4.39 Å². The summed E-state index contributed by atoms with van der Waals surface area (Å²) in [7, 11) is 1.81. The Labute approximate surface area is 110 Å². The number of nitrogens with one attached hydrogen (secondary N) is 1. The quantitative estimate of drug-likeness (QED) is 0.919. The molecule has 19 heavy (non-hydrogen) atoms. The fourth-order valence-electron chi connectivity index (χ4n) is 2.11. The SMILES string of the molecule is C=C(CCF)NC(=O)c1cc2ccnc(C)c2n1C. The van der Waals surface area contributed by atoms with E-state index in [1.165, 1.54) is 0 Å². The fourth-order valence-corrected chi connectivity index (χ4v) is 2.11. The minimum atomic E-state index is -0.531. The molecule has 0 saturated heterocycles. The summed E-state index contributed by atoms with van der Waals surface area (Å²) in [5, 5.41) is 3.56. The summed E-state index contributed by atoms with van der Waals surface area (Å²) in [5.41, 5.74) is 2.67. The predicted molar refractivity (Wildman–Crippen MR) is 72.6 cm³/mol. The van der Waals surface area contributed by atoms with Crippen molar-refractivity contribution in [3.63, 3.8) is 0 Å². The van der Waals surface area contributed by atoms with Crippen LogP contribution in [-0.2, 0) is 7.05 Å². The van der Waals surface area contributed by atoms with Crippen molar-refractivity contribution in [1.82, 2.24) is 14.9 Å². The van der Waals surface area contributed by atoms with Crippen molar-refractivity contribution < 1.29 is 9.18 Å². The summed E-state index contributed by atoms with van der Waals surface area (Å²) < 4.78 is 14.0. The molecule has 100 valence electrons. The van der Waals surface area contributed by atoms with Gasteiger partial charge in [-0.25, -0.2) is 0 Å². The maximum Gasteiger partial charge on any atom is 0.272 e. The molecule has 2 aromatic heterocycles. The number of allylic oxidation sites excluding steroid dienone is 1. The first-order chi connectivity index (χ1) is 9.04. The number of carbonyl (C=O) groups excluding carboxylic acids is 1. The molecule has 2 aromatic rings. The molecule has 5 heteroatoms. The molecule has 2 rings (SSSR count). The van der Waals surface area contributed by atoms with Gasteiger partial charge in [0, 0.05) is 30.7 Å². The van der Waals surface area contributed by atoms with Crippen molar-refractivity contribution in [2.45, 2.75) is 13.3 Å². The third-order valence-electron chi connectivity index (χ3n) is 3.05. The molecule has 0 unspecified atom stereocenters. The summed E-state index contributed by atoms with van der Waals surface area (Å²) in [5.74, 6) is -0.281. The van der Waals surface area contributed by atoms with E-state index in [0.717, 1.165) is 16.6 Å². The summed E-state index contributed by atoms with van der Waals surface area (Å²) in [6.07, 6.45) is 1.84. The van der Waals surface area contributed by atoms with E-state index in [0.29, 0.717) is 11.4 Å². The van der Waals surface area contributed by atoms with E-state index in [-0.39, 0.29) is 12.3 Å². The van der Waals surface area contributed by atoms with Crippen LogP contribution in [0.1, 0.15) is 22.6 Å². The molecule has 1 N–H and O–H groups in total. The number of halogens is 1. The number of carbonyl (C=O) groups is 1. The van der Waals surface area contributed by atoms with Gasteiger partial charge < -0.3 is 9.88 Å². The zero-order valence-corrected chi connectivity index (χ0v) is 11.0. The molecule has 0 saturated carbocycles. The van der Waals surface area contributed by atoms with E-state index >= 15 is 0 Å². The lowest BCUT2D eigenvalue weighted by atomic mass is 10.2. The Bertz CT molecular complexity index is 645. The van der Waals surface area contributed by atoms with Crippen LogP contribution in [0.15, 0.2) is 30.6 Å². The number of aromatic nitrogens is 2. The minimum absolute atomic E-state index is 0.135. The molecule has 0 aromatic carbocycles. The summed E-state index contributed by atoms with van der Waals surface area (Å²) in [4.78, 5) is 16.3. The number of amides is 1. The lowest BCUT2D eigenvalue weighted by molar-refractivity contribution is 0.0957. The van der Waals surface area contributed by atoms with Crippen LogP contribution >= 0.6 is 0 Å². The van der Waals surface area contributed by atoms with Crippen LogP contribution in [0.25, 0.3) is 10.9 Å². The van der Waals surface area contributed by atoms with Crippen LogP contribution in [-0.4, -0.2) is 22.1 Å². The Hall–Kier alpha value is -2.17. The van der Waals surface area contributed by atoms with Gasteiger partial charge in [-0.15, -0.1) is 0 Å². The molecular weight excluding hydrogens is 245 g/mol. The highest BCUT2D eigenvalue weighted by Crippen LogP contribution is 2.20. The number of fused-ring (bicyclic) bond motifs is 1. The molecule has 0 bridgehead atoms. The van der Waals surface area contributed by atoms with Crippen LogP contribution in [0, 0.1) is 6.92 Å².